The number of amides is 2. The number of rotatable bonds is 4. The standard InChI is InChI=1S/C19H18ClFN2O2/c1-2-13-5-3-6-14(11-13)23-10-9-22(18(24)19(23)25)12-15-16(20)7-4-8-17(15)21/h3-8,11H,2,9-10,12H2,1H3. The van der Waals surface area contributed by atoms with Crippen molar-refractivity contribution in [2.24, 2.45) is 0 Å². The average molecular weight is 361 g/mol. The third-order valence-electron chi connectivity index (χ3n) is 4.35. The Hall–Kier alpha value is -2.40. The number of piperazine rings is 1. The van der Waals surface area contributed by atoms with Gasteiger partial charge in [0, 0.05) is 29.4 Å². The molecule has 4 nitrogen and oxygen atoms in total. The van der Waals surface area contributed by atoms with Gasteiger partial charge in [0.25, 0.3) is 0 Å². The second kappa shape index (κ2) is 7.23. The van der Waals surface area contributed by atoms with Crippen molar-refractivity contribution in [3.63, 3.8) is 0 Å². The summed E-state index contributed by atoms with van der Waals surface area (Å²) in [5, 5.41) is 0.248. The summed E-state index contributed by atoms with van der Waals surface area (Å²) in [5.74, 6) is -1.73. The van der Waals surface area contributed by atoms with Crippen LogP contribution in [0.3, 0.4) is 0 Å². The highest BCUT2D eigenvalue weighted by molar-refractivity contribution is 6.41. The van der Waals surface area contributed by atoms with Gasteiger partial charge in [0.2, 0.25) is 0 Å². The molecule has 2 aromatic carbocycles. The number of nitrogens with zero attached hydrogens (tertiary/aromatic N) is 2. The zero-order valence-corrected chi connectivity index (χ0v) is 14.6. The molecule has 0 radical (unpaired) electrons. The Kier molecular flexibility index (Phi) is 5.04. The number of benzene rings is 2. The molecule has 0 atom stereocenters. The van der Waals surface area contributed by atoms with Crippen LogP contribution in [0.4, 0.5) is 10.1 Å². The number of carbonyl (C=O) groups is 2. The first kappa shape index (κ1) is 17.4. The molecule has 0 bridgehead atoms. The van der Waals surface area contributed by atoms with Gasteiger partial charge in [-0.1, -0.05) is 36.7 Å². The highest BCUT2D eigenvalue weighted by Crippen LogP contribution is 2.24. The molecule has 1 aliphatic rings. The van der Waals surface area contributed by atoms with E-state index in [0.717, 1.165) is 12.0 Å². The van der Waals surface area contributed by atoms with E-state index >= 15 is 0 Å². The number of halogens is 2. The van der Waals surface area contributed by atoms with Crippen LogP contribution in [0.5, 0.6) is 0 Å². The topological polar surface area (TPSA) is 40.6 Å². The zero-order chi connectivity index (χ0) is 18.0. The van der Waals surface area contributed by atoms with Crippen molar-refractivity contribution in [3.05, 3.63) is 64.4 Å². The quantitative estimate of drug-likeness (QED) is 0.784. The summed E-state index contributed by atoms with van der Waals surface area (Å²) in [6.45, 7) is 2.70. The smallest absolute Gasteiger partial charge is 0.316 e. The molecular formula is C19H18ClFN2O2. The molecule has 130 valence electrons. The maximum Gasteiger partial charge on any atom is 0.316 e. The molecule has 1 aliphatic heterocycles. The van der Waals surface area contributed by atoms with E-state index in [1.54, 1.807) is 6.07 Å². The molecule has 0 aromatic heterocycles. The van der Waals surface area contributed by atoms with Gasteiger partial charge in [-0.3, -0.25) is 9.59 Å². The first-order valence-corrected chi connectivity index (χ1v) is 8.51. The Morgan fingerprint density at radius 2 is 1.84 bits per heavy atom. The normalized spacial score (nSPS) is 15.0. The van der Waals surface area contributed by atoms with Gasteiger partial charge >= 0.3 is 11.8 Å². The lowest BCUT2D eigenvalue weighted by atomic mass is 10.1. The third kappa shape index (κ3) is 3.51. The first-order chi connectivity index (χ1) is 12.0. The van der Waals surface area contributed by atoms with E-state index in [9.17, 15) is 14.0 Å². The minimum Gasteiger partial charge on any atom is -0.328 e. The Morgan fingerprint density at radius 1 is 1.08 bits per heavy atom. The molecule has 1 saturated heterocycles. The van der Waals surface area contributed by atoms with Crippen molar-refractivity contribution >= 4 is 29.1 Å². The van der Waals surface area contributed by atoms with Crippen LogP contribution in [-0.4, -0.2) is 29.8 Å². The second-order valence-electron chi connectivity index (χ2n) is 5.91. The fourth-order valence-electron chi connectivity index (χ4n) is 2.89. The van der Waals surface area contributed by atoms with Crippen LogP contribution in [0.1, 0.15) is 18.1 Å². The number of anilines is 1. The van der Waals surface area contributed by atoms with E-state index < -0.39 is 17.6 Å². The van der Waals surface area contributed by atoms with E-state index in [4.69, 9.17) is 11.6 Å². The second-order valence-corrected chi connectivity index (χ2v) is 6.31. The maximum atomic E-state index is 13.9. The first-order valence-electron chi connectivity index (χ1n) is 8.14. The van der Waals surface area contributed by atoms with Crippen LogP contribution < -0.4 is 4.90 Å². The average Bonchev–Trinajstić information content (AvgIpc) is 2.62. The number of hydrogen-bond acceptors (Lipinski definition) is 2. The molecule has 25 heavy (non-hydrogen) atoms. The predicted molar refractivity (Wildman–Crippen MR) is 95.0 cm³/mol. The highest BCUT2D eigenvalue weighted by Gasteiger charge is 2.34. The maximum absolute atomic E-state index is 13.9. The predicted octanol–water partition coefficient (Wildman–Crippen LogP) is 3.42. The van der Waals surface area contributed by atoms with Crippen molar-refractivity contribution in [1.29, 1.82) is 0 Å². The van der Waals surface area contributed by atoms with E-state index in [1.165, 1.54) is 21.9 Å². The summed E-state index contributed by atoms with van der Waals surface area (Å²) in [4.78, 5) is 27.8. The molecule has 2 aromatic rings. The van der Waals surface area contributed by atoms with Crippen LogP contribution in [0, 0.1) is 5.82 Å². The van der Waals surface area contributed by atoms with Gasteiger partial charge in [0.15, 0.2) is 0 Å². The molecule has 1 heterocycles. The minimum atomic E-state index is -0.646. The van der Waals surface area contributed by atoms with Crippen LogP contribution in [-0.2, 0) is 22.6 Å². The van der Waals surface area contributed by atoms with Crippen molar-refractivity contribution in [2.45, 2.75) is 19.9 Å². The van der Waals surface area contributed by atoms with Gasteiger partial charge in [-0.05, 0) is 36.2 Å². The zero-order valence-electron chi connectivity index (χ0n) is 13.8. The van der Waals surface area contributed by atoms with Crippen molar-refractivity contribution < 1.29 is 14.0 Å². The molecule has 2 amide bonds. The number of aryl methyl sites for hydroxylation is 1. The Balaban J connectivity index is 1.78. The Bertz CT molecular complexity index is 805. The number of carbonyl (C=O) groups excluding carboxylic acids is 2. The van der Waals surface area contributed by atoms with Crippen LogP contribution in [0.15, 0.2) is 42.5 Å². The monoisotopic (exact) mass is 360 g/mol. The third-order valence-corrected chi connectivity index (χ3v) is 4.70. The summed E-state index contributed by atoms with van der Waals surface area (Å²) >= 11 is 6.02. The van der Waals surface area contributed by atoms with Crippen LogP contribution in [0.25, 0.3) is 0 Å². The molecule has 0 unspecified atom stereocenters. The molecule has 3 rings (SSSR count). The van der Waals surface area contributed by atoms with Crippen LogP contribution >= 0.6 is 11.6 Å². The van der Waals surface area contributed by atoms with Gasteiger partial charge in [-0.2, -0.15) is 0 Å². The van der Waals surface area contributed by atoms with Crippen molar-refractivity contribution in [1.82, 2.24) is 4.90 Å². The summed E-state index contributed by atoms with van der Waals surface area (Å²) in [7, 11) is 0. The lowest BCUT2D eigenvalue weighted by molar-refractivity contribution is -0.146. The van der Waals surface area contributed by atoms with Gasteiger partial charge in [0.05, 0.1) is 6.54 Å². The van der Waals surface area contributed by atoms with Gasteiger partial charge in [-0.25, -0.2) is 4.39 Å². The van der Waals surface area contributed by atoms with E-state index in [0.29, 0.717) is 18.8 Å². The molecule has 0 saturated carbocycles. The minimum absolute atomic E-state index is 0.0150. The fourth-order valence-corrected chi connectivity index (χ4v) is 3.11. The summed E-state index contributed by atoms with van der Waals surface area (Å²) in [6, 6.07) is 11.9. The van der Waals surface area contributed by atoms with Gasteiger partial charge in [0.1, 0.15) is 5.82 Å². The Labute approximate surface area is 150 Å². The lowest BCUT2D eigenvalue weighted by Gasteiger charge is -2.34. The summed E-state index contributed by atoms with van der Waals surface area (Å²) in [5.41, 5.74) is 2.03. The summed E-state index contributed by atoms with van der Waals surface area (Å²) < 4.78 is 13.9. The van der Waals surface area contributed by atoms with Crippen molar-refractivity contribution in [2.75, 3.05) is 18.0 Å². The molecule has 0 N–H and O–H groups in total. The van der Waals surface area contributed by atoms with Crippen molar-refractivity contribution in [3.8, 4) is 0 Å². The molecule has 0 aliphatic carbocycles. The summed E-state index contributed by atoms with van der Waals surface area (Å²) in [6.07, 6.45) is 0.849. The number of hydrogen-bond donors (Lipinski definition) is 0. The molecular weight excluding hydrogens is 343 g/mol. The highest BCUT2D eigenvalue weighted by atomic mass is 35.5. The van der Waals surface area contributed by atoms with Gasteiger partial charge in [-0.15, -0.1) is 0 Å². The Morgan fingerprint density at radius 3 is 2.56 bits per heavy atom. The fraction of sp³-hybridized carbons (Fsp3) is 0.263. The molecule has 0 spiro atoms. The van der Waals surface area contributed by atoms with E-state index in [2.05, 4.69) is 0 Å². The van der Waals surface area contributed by atoms with Crippen LogP contribution in [0.2, 0.25) is 5.02 Å². The lowest BCUT2D eigenvalue weighted by Crippen LogP contribution is -2.54. The van der Waals surface area contributed by atoms with E-state index in [-0.39, 0.29) is 17.1 Å². The molecule has 1 fully saturated rings. The molecule has 6 heteroatoms. The van der Waals surface area contributed by atoms with Gasteiger partial charge < -0.3 is 9.80 Å². The largest absolute Gasteiger partial charge is 0.328 e. The van der Waals surface area contributed by atoms with E-state index in [1.807, 2.05) is 31.2 Å². The SMILES string of the molecule is CCc1cccc(N2CCN(Cc3c(F)cccc3Cl)C(=O)C2=O)c1.